The Morgan fingerprint density at radius 3 is 2.22 bits per heavy atom. The molecule has 0 aliphatic heterocycles. The largest absolute Gasteiger partial charge is 0.418 e. The molecule has 0 amide bonds. The highest BCUT2D eigenvalue weighted by atomic mass is 32.2. The van der Waals surface area contributed by atoms with Crippen LogP contribution < -0.4 is 10.7 Å². The number of nitrogens with zero attached hydrogens (tertiary/aromatic N) is 1. The molecule has 10 heteroatoms. The number of nitrogens with one attached hydrogen (secondary N) is 2. The van der Waals surface area contributed by atoms with Crippen LogP contribution in [0, 0.1) is 0 Å². The Balaban J connectivity index is 2.09. The molecule has 2 rings (SSSR count). The predicted molar refractivity (Wildman–Crippen MR) is 103 cm³/mol. The third-order valence-corrected chi connectivity index (χ3v) is 4.83. The van der Waals surface area contributed by atoms with Gasteiger partial charge in [-0.15, -0.1) is 0 Å². The smallest absolute Gasteiger partial charge is 0.331 e. The van der Waals surface area contributed by atoms with Gasteiger partial charge in [-0.05, 0) is 49.0 Å². The Bertz CT molecular complexity index is 970. The Hall–Kier alpha value is -2.46. The van der Waals surface area contributed by atoms with Crippen molar-refractivity contribution in [1.29, 1.82) is 0 Å². The SMILES string of the molecule is C/C(=N/NC(=S)Nc1ccccc1C(F)(F)F)c1ccc(S(C)(=O)=O)cc1. The monoisotopic (exact) mass is 415 g/mol. The molecule has 0 radical (unpaired) electrons. The maximum atomic E-state index is 13.0. The van der Waals surface area contributed by atoms with Gasteiger partial charge >= 0.3 is 6.18 Å². The Labute approximate surface area is 160 Å². The van der Waals surface area contributed by atoms with Gasteiger partial charge in [0.15, 0.2) is 14.9 Å². The van der Waals surface area contributed by atoms with E-state index in [1.165, 1.54) is 30.3 Å². The standard InChI is InChI=1S/C17H16F3N3O2S2/c1-11(12-7-9-13(10-8-12)27(2,24)25)22-23-16(26)21-15-6-4-3-5-14(15)17(18,19)20/h3-10H,1-2H3,(H2,21,23,26)/b22-11-. The molecule has 0 aromatic heterocycles. The van der Waals surface area contributed by atoms with Crippen molar-refractivity contribution in [2.45, 2.75) is 18.0 Å². The Morgan fingerprint density at radius 1 is 1.07 bits per heavy atom. The summed E-state index contributed by atoms with van der Waals surface area (Å²) in [5.41, 5.74) is 2.56. The molecule has 0 atom stereocenters. The van der Waals surface area contributed by atoms with Gasteiger partial charge in [-0.3, -0.25) is 5.43 Å². The summed E-state index contributed by atoms with van der Waals surface area (Å²) in [6.45, 7) is 1.65. The van der Waals surface area contributed by atoms with Crippen LogP contribution in [0.1, 0.15) is 18.1 Å². The Kier molecular flexibility index (Phi) is 6.22. The zero-order valence-electron chi connectivity index (χ0n) is 14.3. The minimum Gasteiger partial charge on any atom is -0.331 e. The summed E-state index contributed by atoms with van der Waals surface area (Å²) in [6, 6.07) is 11.0. The number of hydrazone groups is 1. The molecule has 0 saturated heterocycles. The third-order valence-electron chi connectivity index (χ3n) is 3.51. The highest BCUT2D eigenvalue weighted by molar-refractivity contribution is 7.90. The molecule has 2 aromatic rings. The number of thiocarbonyl (C=S) groups is 1. The van der Waals surface area contributed by atoms with Gasteiger partial charge in [0.2, 0.25) is 0 Å². The van der Waals surface area contributed by atoms with Crippen molar-refractivity contribution in [3.05, 3.63) is 59.7 Å². The quantitative estimate of drug-likeness (QED) is 0.451. The summed E-state index contributed by atoms with van der Waals surface area (Å²) >= 11 is 4.98. The molecule has 2 aromatic carbocycles. The second kappa shape index (κ2) is 8.05. The maximum Gasteiger partial charge on any atom is 0.418 e. The molecule has 0 fully saturated rings. The molecule has 0 bridgehead atoms. The number of halogens is 3. The van der Waals surface area contributed by atoms with Crippen LogP contribution in [0.5, 0.6) is 0 Å². The second-order valence-electron chi connectivity index (χ2n) is 5.60. The number of sulfone groups is 1. The summed E-state index contributed by atoms with van der Waals surface area (Å²) in [5.74, 6) is 0. The van der Waals surface area contributed by atoms with E-state index in [1.807, 2.05) is 0 Å². The van der Waals surface area contributed by atoms with Crippen molar-refractivity contribution in [3.63, 3.8) is 0 Å². The molecule has 0 saturated carbocycles. The molecule has 2 N–H and O–H groups in total. The third kappa shape index (κ3) is 5.76. The van der Waals surface area contributed by atoms with Gasteiger partial charge < -0.3 is 5.32 Å². The zero-order valence-corrected chi connectivity index (χ0v) is 16.0. The lowest BCUT2D eigenvalue weighted by Crippen LogP contribution is -2.26. The number of anilines is 1. The normalized spacial score (nSPS) is 12.6. The van der Waals surface area contributed by atoms with Gasteiger partial charge in [0.05, 0.1) is 21.9 Å². The molecule has 27 heavy (non-hydrogen) atoms. The average Bonchev–Trinajstić information content (AvgIpc) is 2.58. The first kappa shape index (κ1) is 20.8. The number of hydrogen-bond donors (Lipinski definition) is 2. The lowest BCUT2D eigenvalue weighted by molar-refractivity contribution is -0.136. The van der Waals surface area contributed by atoms with E-state index < -0.39 is 21.6 Å². The highest BCUT2D eigenvalue weighted by Crippen LogP contribution is 2.34. The van der Waals surface area contributed by atoms with Gasteiger partial charge in [-0.2, -0.15) is 18.3 Å². The lowest BCUT2D eigenvalue weighted by Gasteiger charge is -2.14. The maximum absolute atomic E-state index is 13.0. The summed E-state index contributed by atoms with van der Waals surface area (Å²) in [5, 5.41) is 6.36. The van der Waals surface area contributed by atoms with Crippen molar-refractivity contribution < 1.29 is 21.6 Å². The summed E-state index contributed by atoms with van der Waals surface area (Å²) in [4.78, 5) is 0.174. The van der Waals surface area contributed by atoms with Crippen molar-refractivity contribution >= 4 is 38.6 Å². The topological polar surface area (TPSA) is 70.6 Å². The van der Waals surface area contributed by atoms with Gasteiger partial charge in [-0.25, -0.2) is 8.42 Å². The molecule has 0 spiro atoms. The molecular weight excluding hydrogens is 399 g/mol. The van der Waals surface area contributed by atoms with Crippen LogP contribution in [0.15, 0.2) is 58.5 Å². The van der Waals surface area contributed by atoms with E-state index in [4.69, 9.17) is 12.2 Å². The number of hydrogen-bond acceptors (Lipinski definition) is 4. The summed E-state index contributed by atoms with van der Waals surface area (Å²) in [6.07, 6.45) is -3.41. The number of para-hydroxylation sites is 1. The molecular formula is C17H16F3N3O2S2. The van der Waals surface area contributed by atoms with Gasteiger partial charge in [0.1, 0.15) is 0 Å². The molecule has 0 heterocycles. The van der Waals surface area contributed by atoms with Crippen LogP contribution in [0.3, 0.4) is 0 Å². The Morgan fingerprint density at radius 2 is 1.67 bits per heavy atom. The minimum absolute atomic E-state index is 0.112. The number of rotatable bonds is 4. The fourth-order valence-electron chi connectivity index (χ4n) is 2.13. The second-order valence-corrected chi connectivity index (χ2v) is 8.03. The van der Waals surface area contributed by atoms with Crippen molar-refractivity contribution in [2.24, 2.45) is 5.10 Å². The van der Waals surface area contributed by atoms with Crippen LogP contribution in [-0.4, -0.2) is 25.5 Å². The van der Waals surface area contributed by atoms with Crippen molar-refractivity contribution in [1.82, 2.24) is 5.43 Å². The van der Waals surface area contributed by atoms with E-state index in [0.717, 1.165) is 12.3 Å². The average molecular weight is 415 g/mol. The van der Waals surface area contributed by atoms with Crippen LogP contribution in [0.25, 0.3) is 0 Å². The van der Waals surface area contributed by atoms with E-state index in [1.54, 1.807) is 19.1 Å². The first-order chi connectivity index (χ1) is 12.5. The molecule has 144 valence electrons. The van der Waals surface area contributed by atoms with Gasteiger partial charge in [0, 0.05) is 6.26 Å². The fraction of sp³-hybridized carbons (Fsp3) is 0.176. The zero-order chi connectivity index (χ0) is 20.2. The van der Waals surface area contributed by atoms with E-state index in [-0.39, 0.29) is 15.7 Å². The summed E-state index contributed by atoms with van der Waals surface area (Å²) in [7, 11) is -3.30. The van der Waals surface area contributed by atoms with Crippen LogP contribution in [-0.2, 0) is 16.0 Å². The first-order valence-electron chi connectivity index (χ1n) is 7.56. The van der Waals surface area contributed by atoms with Crippen LogP contribution in [0.2, 0.25) is 0 Å². The van der Waals surface area contributed by atoms with Crippen LogP contribution >= 0.6 is 12.2 Å². The lowest BCUT2D eigenvalue weighted by atomic mass is 10.1. The number of benzene rings is 2. The van der Waals surface area contributed by atoms with E-state index in [9.17, 15) is 21.6 Å². The van der Waals surface area contributed by atoms with E-state index in [0.29, 0.717) is 11.3 Å². The van der Waals surface area contributed by atoms with Gasteiger partial charge in [0.25, 0.3) is 0 Å². The van der Waals surface area contributed by atoms with Crippen molar-refractivity contribution in [2.75, 3.05) is 11.6 Å². The molecule has 0 aliphatic rings. The summed E-state index contributed by atoms with van der Waals surface area (Å²) < 4.78 is 61.8. The van der Waals surface area contributed by atoms with E-state index >= 15 is 0 Å². The van der Waals surface area contributed by atoms with Gasteiger partial charge in [-0.1, -0.05) is 24.3 Å². The molecule has 0 aliphatic carbocycles. The fourth-order valence-corrected chi connectivity index (χ4v) is 2.92. The predicted octanol–water partition coefficient (Wildman–Crippen LogP) is 3.82. The molecule has 5 nitrogen and oxygen atoms in total. The highest BCUT2D eigenvalue weighted by Gasteiger charge is 2.33. The van der Waals surface area contributed by atoms with Crippen LogP contribution in [0.4, 0.5) is 18.9 Å². The first-order valence-corrected chi connectivity index (χ1v) is 9.86. The molecule has 0 unspecified atom stereocenters. The van der Waals surface area contributed by atoms with Crippen molar-refractivity contribution in [3.8, 4) is 0 Å². The minimum atomic E-state index is -4.51. The van der Waals surface area contributed by atoms with E-state index in [2.05, 4.69) is 15.8 Å². The number of alkyl halides is 3.